The van der Waals surface area contributed by atoms with Gasteiger partial charge in [-0.15, -0.1) is 0 Å². The second kappa shape index (κ2) is 5.84. The van der Waals surface area contributed by atoms with E-state index in [-0.39, 0.29) is 11.9 Å². The number of nitrogens with zero attached hydrogens (tertiary/aromatic N) is 1. The van der Waals surface area contributed by atoms with Crippen LogP contribution in [0.4, 0.5) is 16.2 Å². The Bertz CT molecular complexity index is 880. The second-order valence-electron chi connectivity index (χ2n) is 5.27. The first kappa shape index (κ1) is 14.6. The number of urea groups is 1. The van der Waals surface area contributed by atoms with Gasteiger partial charge in [-0.1, -0.05) is 0 Å². The Kier molecular flexibility index (Phi) is 3.72. The van der Waals surface area contributed by atoms with Crippen molar-refractivity contribution >= 4 is 34.1 Å². The van der Waals surface area contributed by atoms with Crippen LogP contribution in [0.15, 0.2) is 54.7 Å². The van der Waals surface area contributed by atoms with Crippen LogP contribution < -0.4 is 16.4 Å². The van der Waals surface area contributed by atoms with Gasteiger partial charge in [0.25, 0.3) is 0 Å². The van der Waals surface area contributed by atoms with Crippen LogP contribution in [0.5, 0.6) is 0 Å². The molecule has 0 unspecified atom stereocenters. The van der Waals surface area contributed by atoms with Crippen LogP contribution in [0.2, 0.25) is 0 Å². The zero-order valence-corrected chi connectivity index (χ0v) is 12.6. The van der Waals surface area contributed by atoms with Crippen LogP contribution in [-0.4, -0.2) is 16.4 Å². The van der Waals surface area contributed by atoms with Gasteiger partial charge in [0.1, 0.15) is 5.84 Å². The van der Waals surface area contributed by atoms with Gasteiger partial charge in [-0.05, 0) is 48.5 Å². The average molecular weight is 307 g/mol. The largest absolute Gasteiger partial charge is 0.384 e. The number of fused-ring (bicyclic) bond motifs is 1. The highest BCUT2D eigenvalue weighted by atomic mass is 16.2. The molecule has 0 aliphatic heterocycles. The zero-order chi connectivity index (χ0) is 16.4. The number of nitrogens with two attached hydrogens (primary N) is 1. The monoisotopic (exact) mass is 307 g/mol. The highest BCUT2D eigenvalue weighted by molar-refractivity contribution is 6.01. The number of amides is 2. The third kappa shape index (κ3) is 3.16. The molecule has 0 fully saturated rings. The Hall–Kier alpha value is -3.28. The van der Waals surface area contributed by atoms with E-state index in [2.05, 4.69) is 10.6 Å². The van der Waals surface area contributed by atoms with Crippen molar-refractivity contribution in [2.24, 2.45) is 12.8 Å². The van der Waals surface area contributed by atoms with Gasteiger partial charge in [0.05, 0.1) is 0 Å². The standard InChI is InChI=1S/C17H17N5O/c1-22-9-8-12-10-14(6-7-15(12)22)21-17(23)20-13-4-2-11(3-5-13)16(18)19/h2-10H,1H3,(H3,18,19)(H2,20,21,23). The summed E-state index contributed by atoms with van der Waals surface area (Å²) in [5.41, 5.74) is 8.48. The van der Waals surface area contributed by atoms with Gasteiger partial charge in [0, 0.05) is 41.1 Å². The van der Waals surface area contributed by atoms with Crippen molar-refractivity contribution in [1.29, 1.82) is 5.41 Å². The fraction of sp³-hybridized carbons (Fsp3) is 0.0588. The van der Waals surface area contributed by atoms with Crippen molar-refractivity contribution in [3.05, 3.63) is 60.3 Å². The number of carbonyl (C=O) groups is 1. The average Bonchev–Trinajstić information content (AvgIpc) is 2.88. The molecule has 0 bridgehead atoms. The summed E-state index contributed by atoms with van der Waals surface area (Å²) in [5.74, 6) is -0.00262. The maximum absolute atomic E-state index is 12.0. The number of nitrogen functional groups attached to an aromatic ring is 1. The third-order valence-corrected chi connectivity index (χ3v) is 3.60. The van der Waals surface area contributed by atoms with E-state index in [9.17, 15) is 4.79 Å². The molecule has 0 saturated heterocycles. The van der Waals surface area contributed by atoms with Crippen molar-refractivity contribution in [2.45, 2.75) is 0 Å². The first-order valence-corrected chi connectivity index (χ1v) is 7.10. The molecule has 2 aromatic carbocycles. The Morgan fingerprint density at radius 1 is 1.04 bits per heavy atom. The molecule has 0 aliphatic rings. The number of nitrogens with one attached hydrogen (secondary N) is 3. The summed E-state index contributed by atoms with van der Waals surface area (Å²) in [6.45, 7) is 0. The van der Waals surface area contributed by atoms with E-state index < -0.39 is 0 Å². The van der Waals surface area contributed by atoms with E-state index in [1.54, 1.807) is 24.3 Å². The second-order valence-corrected chi connectivity index (χ2v) is 5.27. The SMILES string of the molecule is Cn1ccc2cc(NC(=O)Nc3ccc(C(=N)N)cc3)ccc21. The molecule has 2 amide bonds. The van der Waals surface area contributed by atoms with Crippen LogP contribution in [0.1, 0.15) is 5.56 Å². The molecule has 5 N–H and O–H groups in total. The number of hydrogen-bond donors (Lipinski definition) is 4. The molecule has 116 valence electrons. The van der Waals surface area contributed by atoms with E-state index in [4.69, 9.17) is 11.1 Å². The number of hydrogen-bond acceptors (Lipinski definition) is 2. The molecule has 3 rings (SSSR count). The molecular weight excluding hydrogens is 290 g/mol. The summed E-state index contributed by atoms with van der Waals surface area (Å²) < 4.78 is 2.02. The van der Waals surface area contributed by atoms with Crippen molar-refractivity contribution in [3.63, 3.8) is 0 Å². The normalized spacial score (nSPS) is 10.5. The first-order chi connectivity index (χ1) is 11.0. The number of benzene rings is 2. The van der Waals surface area contributed by atoms with Crippen molar-refractivity contribution < 1.29 is 4.79 Å². The van der Waals surface area contributed by atoms with E-state index >= 15 is 0 Å². The molecule has 6 nitrogen and oxygen atoms in total. The summed E-state index contributed by atoms with van der Waals surface area (Å²) in [6, 6.07) is 14.2. The van der Waals surface area contributed by atoms with Crippen LogP contribution in [-0.2, 0) is 7.05 Å². The van der Waals surface area contributed by atoms with Gasteiger partial charge >= 0.3 is 6.03 Å². The number of aryl methyl sites for hydroxylation is 1. The molecule has 6 heteroatoms. The van der Waals surface area contributed by atoms with Crippen LogP contribution in [0, 0.1) is 5.41 Å². The fourth-order valence-corrected chi connectivity index (χ4v) is 2.39. The van der Waals surface area contributed by atoms with E-state index in [1.807, 2.05) is 42.1 Å². The van der Waals surface area contributed by atoms with E-state index in [1.165, 1.54) is 0 Å². The quantitative estimate of drug-likeness (QED) is 0.442. The topological polar surface area (TPSA) is 95.9 Å². The molecule has 0 radical (unpaired) electrons. The minimum atomic E-state index is -0.323. The molecule has 0 spiro atoms. The van der Waals surface area contributed by atoms with Gasteiger partial charge in [0.2, 0.25) is 0 Å². The van der Waals surface area contributed by atoms with Gasteiger partial charge < -0.3 is 20.9 Å². The van der Waals surface area contributed by atoms with Crippen LogP contribution >= 0.6 is 0 Å². The fourth-order valence-electron chi connectivity index (χ4n) is 2.39. The summed E-state index contributed by atoms with van der Waals surface area (Å²) in [4.78, 5) is 12.0. The minimum Gasteiger partial charge on any atom is -0.384 e. The predicted molar refractivity (Wildman–Crippen MR) is 93.0 cm³/mol. The van der Waals surface area contributed by atoms with Gasteiger partial charge in [-0.2, -0.15) is 0 Å². The lowest BCUT2D eigenvalue weighted by atomic mass is 10.2. The van der Waals surface area contributed by atoms with Crippen LogP contribution in [0.25, 0.3) is 10.9 Å². The highest BCUT2D eigenvalue weighted by Gasteiger charge is 2.05. The molecule has 1 heterocycles. The van der Waals surface area contributed by atoms with Crippen LogP contribution in [0.3, 0.4) is 0 Å². The third-order valence-electron chi connectivity index (χ3n) is 3.60. The highest BCUT2D eigenvalue weighted by Crippen LogP contribution is 2.20. The molecule has 0 aliphatic carbocycles. The van der Waals surface area contributed by atoms with E-state index in [0.29, 0.717) is 11.3 Å². The Labute approximate surface area is 133 Å². The summed E-state index contributed by atoms with van der Waals surface area (Å²) in [6.07, 6.45) is 1.98. The Balaban J connectivity index is 1.69. The van der Waals surface area contributed by atoms with Gasteiger partial charge in [0.15, 0.2) is 0 Å². The summed E-state index contributed by atoms with van der Waals surface area (Å²) in [5, 5.41) is 14.0. The molecule has 0 saturated carbocycles. The Morgan fingerprint density at radius 3 is 2.39 bits per heavy atom. The summed E-state index contributed by atoms with van der Waals surface area (Å²) in [7, 11) is 1.98. The molecule has 3 aromatic rings. The Morgan fingerprint density at radius 2 is 1.70 bits per heavy atom. The molecule has 0 atom stereocenters. The maximum atomic E-state index is 12.0. The number of carbonyl (C=O) groups excluding carboxylic acids is 1. The number of aromatic nitrogens is 1. The number of amidine groups is 1. The van der Waals surface area contributed by atoms with Crippen molar-refractivity contribution in [1.82, 2.24) is 4.57 Å². The van der Waals surface area contributed by atoms with Gasteiger partial charge in [-0.3, -0.25) is 5.41 Å². The lowest BCUT2D eigenvalue weighted by Gasteiger charge is -2.08. The zero-order valence-electron chi connectivity index (χ0n) is 12.6. The summed E-state index contributed by atoms with van der Waals surface area (Å²) >= 11 is 0. The van der Waals surface area contributed by atoms with E-state index in [0.717, 1.165) is 16.6 Å². The van der Waals surface area contributed by atoms with Crippen molar-refractivity contribution in [2.75, 3.05) is 10.6 Å². The van der Waals surface area contributed by atoms with Gasteiger partial charge in [-0.25, -0.2) is 4.79 Å². The first-order valence-electron chi connectivity index (χ1n) is 7.10. The minimum absolute atomic E-state index is 0.00262. The molecule has 23 heavy (non-hydrogen) atoms. The lowest BCUT2D eigenvalue weighted by molar-refractivity contribution is 0.262. The molecular formula is C17H17N5O. The smallest absolute Gasteiger partial charge is 0.323 e. The number of rotatable bonds is 3. The maximum Gasteiger partial charge on any atom is 0.323 e. The lowest BCUT2D eigenvalue weighted by Crippen LogP contribution is -2.19. The van der Waals surface area contributed by atoms with Crippen molar-refractivity contribution in [3.8, 4) is 0 Å². The number of anilines is 2. The molecule has 1 aromatic heterocycles. The predicted octanol–water partition coefficient (Wildman–Crippen LogP) is 3.11.